The molecule has 0 N–H and O–H groups in total. The quantitative estimate of drug-likeness (QED) is 0.770. The molecule has 1 rings (SSSR count). The van der Waals surface area contributed by atoms with Crippen molar-refractivity contribution in [2.45, 2.75) is 33.6 Å². The minimum absolute atomic E-state index is 0.219. The molecule has 3 nitrogen and oxygen atoms in total. The summed E-state index contributed by atoms with van der Waals surface area (Å²) in [5, 5.41) is 0.505. The van der Waals surface area contributed by atoms with Gasteiger partial charge < -0.3 is 9.47 Å². The number of carbonyl (C=O) groups excluding carboxylic acids is 1. The molecule has 1 aromatic carbocycles. The average Bonchev–Trinajstić information content (AvgIpc) is 2.38. The van der Waals surface area contributed by atoms with Gasteiger partial charge in [0.2, 0.25) is 0 Å². The summed E-state index contributed by atoms with van der Waals surface area (Å²) in [7, 11) is 2.86. The molecule has 0 aromatic heterocycles. The molecule has 0 aliphatic rings. The van der Waals surface area contributed by atoms with E-state index < -0.39 is 5.97 Å². The lowest BCUT2D eigenvalue weighted by atomic mass is 9.99. The SMILES string of the molecule is CC.COC(=O)c1cc(Cl)cc(C(C)C)c1OC. The maximum atomic E-state index is 11.6. The van der Waals surface area contributed by atoms with Gasteiger partial charge in [0.05, 0.1) is 14.2 Å². The van der Waals surface area contributed by atoms with E-state index in [0.717, 1.165) is 5.56 Å². The molecule has 1 aromatic rings. The van der Waals surface area contributed by atoms with Crippen LogP contribution in [-0.2, 0) is 4.74 Å². The highest BCUT2D eigenvalue weighted by molar-refractivity contribution is 6.31. The van der Waals surface area contributed by atoms with E-state index in [0.29, 0.717) is 16.3 Å². The molecule has 0 bridgehead atoms. The van der Waals surface area contributed by atoms with Crippen molar-refractivity contribution in [3.05, 3.63) is 28.3 Å². The molecule has 0 atom stereocenters. The summed E-state index contributed by atoms with van der Waals surface area (Å²) in [6.45, 7) is 8.02. The number of benzene rings is 1. The third-order valence-electron chi connectivity index (χ3n) is 2.31. The van der Waals surface area contributed by atoms with Gasteiger partial charge in [-0.2, -0.15) is 0 Å². The standard InChI is InChI=1S/C12H15ClO3.C2H6/c1-7(2)9-5-8(13)6-10(11(9)15-3)12(14)16-4;1-2/h5-7H,1-4H3;1-2H3. The van der Waals surface area contributed by atoms with Gasteiger partial charge in [0.25, 0.3) is 0 Å². The van der Waals surface area contributed by atoms with Gasteiger partial charge in [-0.1, -0.05) is 39.3 Å². The summed E-state index contributed by atoms with van der Waals surface area (Å²) in [4.78, 5) is 11.6. The van der Waals surface area contributed by atoms with Crippen LogP contribution in [0.1, 0.15) is 49.5 Å². The second-order valence-corrected chi connectivity index (χ2v) is 4.16. The summed E-state index contributed by atoms with van der Waals surface area (Å²) in [6, 6.07) is 3.36. The molecule has 0 heterocycles. The van der Waals surface area contributed by atoms with E-state index in [1.165, 1.54) is 14.2 Å². The lowest BCUT2D eigenvalue weighted by Gasteiger charge is -2.15. The van der Waals surface area contributed by atoms with Gasteiger partial charge in [-0.05, 0) is 23.6 Å². The third-order valence-corrected chi connectivity index (χ3v) is 2.53. The lowest BCUT2D eigenvalue weighted by Crippen LogP contribution is -2.07. The maximum absolute atomic E-state index is 11.6. The van der Waals surface area contributed by atoms with Gasteiger partial charge in [-0.3, -0.25) is 0 Å². The fourth-order valence-corrected chi connectivity index (χ4v) is 1.76. The van der Waals surface area contributed by atoms with Crippen molar-refractivity contribution >= 4 is 17.6 Å². The zero-order valence-corrected chi connectivity index (χ0v) is 12.6. The first-order chi connectivity index (χ1) is 8.51. The van der Waals surface area contributed by atoms with Gasteiger partial charge in [0, 0.05) is 5.02 Å². The van der Waals surface area contributed by atoms with Crippen molar-refractivity contribution in [2.24, 2.45) is 0 Å². The average molecular weight is 273 g/mol. The highest BCUT2D eigenvalue weighted by atomic mass is 35.5. The number of carbonyl (C=O) groups is 1. The van der Waals surface area contributed by atoms with Crippen LogP contribution < -0.4 is 4.74 Å². The van der Waals surface area contributed by atoms with Crippen LogP contribution in [0, 0.1) is 0 Å². The Morgan fingerprint density at radius 1 is 1.22 bits per heavy atom. The first-order valence-electron chi connectivity index (χ1n) is 5.97. The normalized spacial score (nSPS) is 9.56. The molecule has 0 saturated carbocycles. The van der Waals surface area contributed by atoms with Crippen LogP contribution in [0.2, 0.25) is 5.02 Å². The smallest absolute Gasteiger partial charge is 0.341 e. The van der Waals surface area contributed by atoms with Crippen LogP contribution >= 0.6 is 11.6 Å². The van der Waals surface area contributed by atoms with E-state index >= 15 is 0 Å². The summed E-state index contributed by atoms with van der Waals surface area (Å²) in [6.07, 6.45) is 0. The minimum atomic E-state index is -0.443. The Morgan fingerprint density at radius 2 is 1.78 bits per heavy atom. The van der Waals surface area contributed by atoms with Gasteiger partial charge in [0.15, 0.2) is 0 Å². The van der Waals surface area contributed by atoms with E-state index in [1.54, 1.807) is 12.1 Å². The molecule has 0 radical (unpaired) electrons. The molecule has 0 saturated heterocycles. The number of ether oxygens (including phenoxy) is 2. The monoisotopic (exact) mass is 272 g/mol. The Balaban J connectivity index is 0.00000137. The van der Waals surface area contributed by atoms with Crippen LogP contribution in [-0.4, -0.2) is 20.2 Å². The molecule has 0 fully saturated rings. The highest BCUT2D eigenvalue weighted by Gasteiger charge is 2.19. The zero-order valence-electron chi connectivity index (χ0n) is 11.8. The number of esters is 1. The topological polar surface area (TPSA) is 35.5 Å². The Bertz CT molecular complexity index is 400. The zero-order chi connectivity index (χ0) is 14.3. The predicted octanol–water partition coefficient (Wildman–Crippen LogP) is 4.28. The van der Waals surface area contributed by atoms with Crippen molar-refractivity contribution in [1.29, 1.82) is 0 Å². The Morgan fingerprint density at radius 3 is 2.17 bits per heavy atom. The molecular weight excluding hydrogens is 252 g/mol. The van der Waals surface area contributed by atoms with E-state index in [9.17, 15) is 4.79 Å². The van der Waals surface area contributed by atoms with E-state index in [2.05, 4.69) is 0 Å². The number of hydrogen-bond donors (Lipinski definition) is 0. The van der Waals surface area contributed by atoms with Crippen molar-refractivity contribution in [3.63, 3.8) is 0 Å². The van der Waals surface area contributed by atoms with Gasteiger partial charge in [-0.15, -0.1) is 0 Å². The second kappa shape index (κ2) is 7.98. The Hall–Kier alpha value is -1.22. The summed E-state index contributed by atoms with van der Waals surface area (Å²) in [5.74, 6) is 0.310. The number of rotatable bonds is 3. The van der Waals surface area contributed by atoms with Gasteiger partial charge >= 0.3 is 5.97 Å². The minimum Gasteiger partial charge on any atom is -0.496 e. The molecule has 0 aliphatic heterocycles. The predicted molar refractivity (Wildman–Crippen MR) is 74.8 cm³/mol. The van der Waals surface area contributed by atoms with Crippen LogP contribution in [0.3, 0.4) is 0 Å². The third kappa shape index (κ3) is 3.91. The van der Waals surface area contributed by atoms with Gasteiger partial charge in [0.1, 0.15) is 11.3 Å². The molecule has 18 heavy (non-hydrogen) atoms. The van der Waals surface area contributed by atoms with Gasteiger partial charge in [-0.25, -0.2) is 4.79 Å². The second-order valence-electron chi connectivity index (χ2n) is 3.72. The number of hydrogen-bond acceptors (Lipinski definition) is 3. The number of methoxy groups -OCH3 is 2. The van der Waals surface area contributed by atoms with E-state index in [4.69, 9.17) is 21.1 Å². The molecule has 0 amide bonds. The molecule has 0 unspecified atom stereocenters. The largest absolute Gasteiger partial charge is 0.496 e. The fourth-order valence-electron chi connectivity index (χ4n) is 1.53. The maximum Gasteiger partial charge on any atom is 0.341 e. The van der Waals surface area contributed by atoms with Crippen molar-refractivity contribution in [3.8, 4) is 5.75 Å². The summed E-state index contributed by atoms with van der Waals surface area (Å²) in [5.41, 5.74) is 1.26. The van der Waals surface area contributed by atoms with E-state index in [-0.39, 0.29) is 5.92 Å². The van der Waals surface area contributed by atoms with Crippen molar-refractivity contribution in [1.82, 2.24) is 0 Å². The Kier molecular flexibility index (Phi) is 7.44. The first-order valence-corrected chi connectivity index (χ1v) is 6.34. The van der Waals surface area contributed by atoms with Crippen molar-refractivity contribution < 1.29 is 14.3 Å². The van der Waals surface area contributed by atoms with E-state index in [1.807, 2.05) is 27.7 Å². The van der Waals surface area contributed by atoms with Crippen LogP contribution in [0.25, 0.3) is 0 Å². The molecule has 0 spiro atoms. The first kappa shape index (κ1) is 16.8. The molecule has 4 heteroatoms. The summed E-state index contributed by atoms with van der Waals surface area (Å²) >= 11 is 5.96. The number of halogens is 1. The van der Waals surface area contributed by atoms with Crippen LogP contribution in [0.15, 0.2) is 12.1 Å². The molecule has 102 valence electrons. The Labute approximate surface area is 114 Å². The summed E-state index contributed by atoms with van der Waals surface area (Å²) < 4.78 is 9.95. The van der Waals surface area contributed by atoms with Crippen molar-refractivity contribution in [2.75, 3.05) is 14.2 Å². The molecular formula is C14H21ClO3. The lowest BCUT2D eigenvalue weighted by molar-refractivity contribution is 0.0597. The highest BCUT2D eigenvalue weighted by Crippen LogP contribution is 2.33. The fraction of sp³-hybridized carbons (Fsp3) is 0.500. The molecule has 0 aliphatic carbocycles. The van der Waals surface area contributed by atoms with Crippen LogP contribution in [0.5, 0.6) is 5.75 Å². The van der Waals surface area contributed by atoms with Crippen LogP contribution in [0.4, 0.5) is 0 Å².